The van der Waals surface area contributed by atoms with Gasteiger partial charge in [-0.15, -0.1) is 0 Å². The Morgan fingerprint density at radius 2 is 2.11 bits per heavy atom. The molecule has 0 aliphatic heterocycles. The van der Waals surface area contributed by atoms with Crippen molar-refractivity contribution in [3.8, 4) is 17.0 Å². The highest BCUT2D eigenvalue weighted by Gasteiger charge is 2.28. The van der Waals surface area contributed by atoms with Crippen LogP contribution in [0.15, 0.2) is 36.4 Å². The number of Topliss-reactive ketones (excluding diaryl/α,β-unsaturated/α-hetero) is 1. The third kappa shape index (κ3) is 1.67. The van der Waals surface area contributed by atoms with Crippen LogP contribution in [0.4, 0.5) is 0 Å². The highest BCUT2D eigenvalue weighted by atomic mass is 16.3. The molecule has 0 amide bonds. The number of hydrogen-bond donors (Lipinski definition) is 2. The summed E-state index contributed by atoms with van der Waals surface area (Å²) in [5.41, 5.74) is 8.64. The fourth-order valence-electron chi connectivity index (χ4n) is 2.21. The van der Waals surface area contributed by atoms with Gasteiger partial charge in [-0.25, -0.2) is 0 Å². The number of benzene rings is 1. The van der Waals surface area contributed by atoms with Gasteiger partial charge >= 0.3 is 0 Å². The maximum atomic E-state index is 11.7. The third-order valence-electron chi connectivity index (χ3n) is 3.13. The number of aromatic nitrogens is 1. The SMILES string of the molecule is NC1Cc2nc(-c3cccc(O)c3)ccc2C1=O. The molecule has 4 heteroatoms. The highest BCUT2D eigenvalue weighted by molar-refractivity contribution is 6.04. The van der Waals surface area contributed by atoms with Gasteiger partial charge in [0.2, 0.25) is 0 Å². The van der Waals surface area contributed by atoms with Crippen LogP contribution in [-0.4, -0.2) is 21.9 Å². The Bertz CT molecular complexity index is 637. The van der Waals surface area contributed by atoms with Crippen LogP contribution in [0.5, 0.6) is 5.75 Å². The maximum absolute atomic E-state index is 11.7. The largest absolute Gasteiger partial charge is 0.508 e. The number of rotatable bonds is 1. The fourth-order valence-corrected chi connectivity index (χ4v) is 2.21. The highest BCUT2D eigenvalue weighted by Crippen LogP contribution is 2.26. The second-order valence-electron chi connectivity index (χ2n) is 4.42. The van der Waals surface area contributed by atoms with Crippen LogP contribution in [-0.2, 0) is 6.42 Å². The predicted molar refractivity (Wildman–Crippen MR) is 67.3 cm³/mol. The molecule has 1 aromatic carbocycles. The van der Waals surface area contributed by atoms with E-state index in [0.717, 1.165) is 17.0 Å². The Labute approximate surface area is 104 Å². The van der Waals surface area contributed by atoms with E-state index in [1.54, 1.807) is 30.3 Å². The molecular formula is C14H12N2O2. The molecular weight excluding hydrogens is 228 g/mol. The van der Waals surface area contributed by atoms with E-state index in [1.165, 1.54) is 0 Å². The van der Waals surface area contributed by atoms with E-state index < -0.39 is 6.04 Å². The van der Waals surface area contributed by atoms with Crippen molar-refractivity contribution in [3.63, 3.8) is 0 Å². The second kappa shape index (κ2) is 3.92. The van der Waals surface area contributed by atoms with Gasteiger partial charge in [0.05, 0.1) is 17.4 Å². The van der Waals surface area contributed by atoms with E-state index in [-0.39, 0.29) is 11.5 Å². The molecule has 0 bridgehead atoms. The number of ketones is 1. The van der Waals surface area contributed by atoms with Crippen molar-refractivity contribution in [2.24, 2.45) is 5.73 Å². The van der Waals surface area contributed by atoms with Gasteiger partial charge in [-0.2, -0.15) is 0 Å². The van der Waals surface area contributed by atoms with Crippen molar-refractivity contribution in [1.82, 2.24) is 4.98 Å². The van der Waals surface area contributed by atoms with Crippen molar-refractivity contribution < 1.29 is 9.90 Å². The molecule has 1 heterocycles. The number of phenolic OH excluding ortho intramolecular Hbond substituents is 1. The first kappa shape index (κ1) is 10.9. The van der Waals surface area contributed by atoms with Gasteiger partial charge in [-0.3, -0.25) is 9.78 Å². The minimum absolute atomic E-state index is 0.0417. The van der Waals surface area contributed by atoms with Crippen LogP contribution in [0.1, 0.15) is 16.1 Å². The molecule has 1 unspecified atom stereocenters. The molecule has 3 rings (SSSR count). The summed E-state index contributed by atoms with van der Waals surface area (Å²) < 4.78 is 0. The first-order valence-electron chi connectivity index (χ1n) is 5.74. The molecule has 0 saturated heterocycles. The number of nitrogens with zero attached hydrogens (tertiary/aromatic N) is 1. The lowest BCUT2D eigenvalue weighted by Gasteiger charge is -2.04. The zero-order valence-corrected chi connectivity index (χ0v) is 9.63. The molecule has 0 spiro atoms. The van der Waals surface area contributed by atoms with Crippen molar-refractivity contribution in [2.45, 2.75) is 12.5 Å². The number of aromatic hydroxyl groups is 1. The summed E-state index contributed by atoms with van der Waals surface area (Å²) in [5.74, 6) is 0.155. The van der Waals surface area contributed by atoms with Gasteiger partial charge in [0.25, 0.3) is 0 Å². The van der Waals surface area contributed by atoms with E-state index in [2.05, 4.69) is 4.98 Å². The fraction of sp³-hybridized carbons (Fsp3) is 0.143. The Hall–Kier alpha value is -2.20. The summed E-state index contributed by atoms with van der Waals surface area (Å²) >= 11 is 0. The number of nitrogens with two attached hydrogens (primary N) is 1. The van der Waals surface area contributed by atoms with E-state index in [0.29, 0.717) is 12.0 Å². The van der Waals surface area contributed by atoms with Crippen LogP contribution in [0.3, 0.4) is 0 Å². The monoisotopic (exact) mass is 240 g/mol. The van der Waals surface area contributed by atoms with E-state index in [4.69, 9.17) is 5.73 Å². The quantitative estimate of drug-likeness (QED) is 0.792. The van der Waals surface area contributed by atoms with E-state index >= 15 is 0 Å². The molecule has 1 aromatic heterocycles. The van der Waals surface area contributed by atoms with Crippen molar-refractivity contribution in [3.05, 3.63) is 47.7 Å². The predicted octanol–water partition coefficient (Wildman–Crippen LogP) is 1.52. The first-order chi connectivity index (χ1) is 8.65. The maximum Gasteiger partial charge on any atom is 0.181 e. The molecule has 2 aromatic rings. The third-order valence-corrected chi connectivity index (χ3v) is 3.13. The van der Waals surface area contributed by atoms with Crippen LogP contribution in [0.25, 0.3) is 11.3 Å². The van der Waals surface area contributed by atoms with Gasteiger partial charge in [-0.1, -0.05) is 12.1 Å². The normalized spacial score (nSPS) is 17.8. The van der Waals surface area contributed by atoms with Gasteiger partial charge in [0.15, 0.2) is 5.78 Å². The Morgan fingerprint density at radius 3 is 2.89 bits per heavy atom. The average molecular weight is 240 g/mol. The summed E-state index contributed by atoms with van der Waals surface area (Å²) in [6, 6.07) is 9.95. The molecule has 4 nitrogen and oxygen atoms in total. The number of carbonyl (C=O) groups is 1. The van der Waals surface area contributed by atoms with Gasteiger partial charge in [0, 0.05) is 17.5 Å². The summed E-state index contributed by atoms with van der Waals surface area (Å²) in [7, 11) is 0. The Morgan fingerprint density at radius 1 is 1.28 bits per heavy atom. The van der Waals surface area contributed by atoms with Gasteiger partial charge < -0.3 is 10.8 Å². The molecule has 1 atom stereocenters. The summed E-state index contributed by atoms with van der Waals surface area (Å²) in [5, 5.41) is 9.45. The van der Waals surface area contributed by atoms with Crippen molar-refractivity contribution in [1.29, 1.82) is 0 Å². The molecule has 18 heavy (non-hydrogen) atoms. The molecule has 0 radical (unpaired) electrons. The Kier molecular flexibility index (Phi) is 2.38. The first-order valence-corrected chi connectivity index (χ1v) is 5.74. The molecule has 0 fully saturated rings. The molecule has 1 aliphatic carbocycles. The van der Waals surface area contributed by atoms with Crippen LogP contribution >= 0.6 is 0 Å². The number of hydrogen-bond acceptors (Lipinski definition) is 4. The van der Waals surface area contributed by atoms with Crippen LogP contribution in [0.2, 0.25) is 0 Å². The minimum atomic E-state index is -0.466. The lowest BCUT2D eigenvalue weighted by atomic mass is 10.1. The van der Waals surface area contributed by atoms with E-state index in [9.17, 15) is 9.90 Å². The van der Waals surface area contributed by atoms with Gasteiger partial charge in [0.1, 0.15) is 5.75 Å². The zero-order chi connectivity index (χ0) is 12.7. The number of carbonyl (C=O) groups excluding carboxylic acids is 1. The lowest BCUT2D eigenvalue weighted by Crippen LogP contribution is -2.26. The summed E-state index contributed by atoms with van der Waals surface area (Å²) in [6.45, 7) is 0. The molecule has 3 N–H and O–H groups in total. The Balaban J connectivity index is 2.07. The van der Waals surface area contributed by atoms with E-state index in [1.807, 2.05) is 6.07 Å². The molecule has 1 aliphatic rings. The number of phenols is 1. The minimum Gasteiger partial charge on any atom is -0.508 e. The molecule has 0 saturated carbocycles. The zero-order valence-electron chi connectivity index (χ0n) is 9.63. The number of pyridine rings is 1. The summed E-state index contributed by atoms with van der Waals surface area (Å²) in [4.78, 5) is 16.1. The summed E-state index contributed by atoms with van der Waals surface area (Å²) in [6.07, 6.45) is 0.487. The van der Waals surface area contributed by atoms with Crippen LogP contribution in [0, 0.1) is 0 Å². The smallest absolute Gasteiger partial charge is 0.181 e. The number of fused-ring (bicyclic) bond motifs is 1. The topological polar surface area (TPSA) is 76.2 Å². The average Bonchev–Trinajstić information content (AvgIpc) is 2.65. The second-order valence-corrected chi connectivity index (χ2v) is 4.42. The molecule has 90 valence electrons. The van der Waals surface area contributed by atoms with Crippen LogP contribution < -0.4 is 5.73 Å². The van der Waals surface area contributed by atoms with Gasteiger partial charge in [-0.05, 0) is 24.3 Å². The standard InChI is InChI=1S/C14H12N2O2/c15-11-7-13-10(14(11)18)4-5-12(16-13)8-2-1-3-9(17)6-8/h1-6,11,17H,7,15H2. The van der Waals surface area contributed by atoms with Crippen molar-refractivity contribution >= 4 is 5.78 Å². The van der Waals surface area contributed by atoms with Crippen molar-refractivity contribution in [2.75, 3.05) is 0 Å². The lowest BCUT2D eigenvalue weighted by molar-refractivity contribution is 0.0974.